The van der Waals surface area contributed by atoms with E-state index in [2.05, 4.69) is 34.4 Å². The predicted octanol–water partition coefficient (Wildman–Crippen LogP) is 1.96. The topological polar surface area (TPSA) is 62.0 Å². The summed E-state index contributed by atoms with van der Waals surface area (Å²) in [5.41, 5.74) is 0. The molecule has 0 unspecified atom stereocenters. The fourth-order valence-corrected chi connectivity index (χ4v) is 2.36. The quantitative estimate of drug-likeness (QED) is 0.360. The zero-order chi connectivity index (χ0) is 16.3. The van der Waals surface area contributed by atoms with Gasteiger partial charge < -0.3 is 19.8 Å². The number of guanidine groups is 1. The van der Waals surface area contributed by atoms with Crippen molar-refractivity contribution in [3.63, 3.8) is 0 Å². The van der Waals surface area contributed by atoms with Gasteiger partial charge in [0.1, 0.15) is 5.76 Å². The first kappa shape index (κ1) is 21.2. The molecule has 0 atom stereocenters. The maximum absolute atomic E-state index is 5.37. The Hall–Kier alpha value is -0.800. The van der Waals surface area contributed by atoms with Crippen LogP contribution in [0.5, 0.6) is 0 Å². The number of nitrogens with zero attached hydrogens (tertiary/aromatic N) is 2. The SMILES string of the molecule is CC(C)CN=C(NCCc1ccco1)NCCN1CCOCC1.I. The van der Waals surface area contributed by atoms with Gasteiger partial charge in [0.15, 0.2) is 5.96 Å². The van der Waals surface area contributed by atoms with E-state index >= 15 is 0 Å². The first-order chi connectivity index (χ1) is 11.2. The van der Waals surface area contributed by atoms with E-state index in [9.17, 15) is 0 Å². The molecule has 138 valence electrons. The molecule has 0 saturated carbocycles. The van der Waals surface area contributed by atoms with Crippen molar-refractivity contribution in [2.45, 2.75) is 20.3 Å². The van der Waals surface area contributed by atoms with Gasteiger partial charge in [0.2, 0.25) is 0 Å². The van der Waals surface area contributed by atoms with Gasteiger partial charge in [0.25, 0.3) is 0 Å². The largest absolute Gasteiger partial charge is 0.469 e. The Kier molecular flexibility index (Phi) is 11.1. The van der Waals surface area contributed by atoms with Gasteiger partial charge in [0, 0.05) is 45.7 Å². The number of nitrogens with one attached hydrogen (secondary N) is 2. The summed E-state index contributed by atoms with van der Waals surface area (Å²) >= 11 is 0. The first-order valence-electron chi connectivity index (χ1n) is 8.58. The molecule has 7 heteroatoms. The number of morpholine rings is 1. The Morgan fingerprint density at radius 1 is 1.25 bits per heavy atom. The van der Waals surface area contributed by atoms with Gasteiger partial charge >= 0.3 is 0 Å². The number of halogens is 1. The van der Waals surface area contributed by atoms with Crippen molar-refractivity contribution < 1.29 is 9.15 Å². The van der Waals surface area contributed by atoms with Crippen molar-refractivity contribution in [2.24, 2.45) is 10.9 Å². The van der Waals surface area contributed by atoms with Gasteiger partial charge in [-0.25, -0.2) is 0 Å². The average Bonchev–Trinajstić information content (AvgIpc) is 3.06. The molecule has 0 bridgehead atoms. The normalized spacial score (nSPS) is 16.0. The van der Waals surface area contributed by atoms with E-state index in [0.29, 0.717) is 5.92 Å². The van der Waals surface area contributed by atoms with Crippen LogP contribution in [0.3, 0.4) is 0 Å². The van der Waals surface area contributed by atoms with Crippen molar-refractivity contribution in [1.29, 1.82) is 0 Å². The van der Waals surface area contributed by atoms with Crippen LogP contribution < -0.4 is 10.6 Å². The Morgan fingerprint density at radius 2 is 2.00 bits per heavy atom. The molecule has 2 N–H and O–H groups in total. The van der Waals surface area contributed by atoms with Gasteiger partial charge in [-0.2, -0.15) is 0 Å². The molecule has 1 aromatic heterocycles. The van der Waals surface area contributed by atoms with Crippen LogP contribution in [0.25, 0.3) is 0 Å². The molecule has 1 saturated heterocycles. The van der Waals surface area contributed by atoms with Crippen LogP contribution in [0.15, 0.2) is 27.8 Å². The number of aliphatic imine (C=N–C) groups is 1. The molecule has 2 heterocycles. The highest BCUT2D eigenvalue weighted by atomic mass is 127. The van der Waals surface area contributed by atoms with Crippen molar-refractivity contribution in [3.8, 4) is 0 Å². The summed E-state index contributed by atoms with van der Waals surface area (Å²) in [6.45, 7) is 11.6. The zero-order valence-electron chi connectivity index (χ0n) is 14.8. The van der Waals surface area contributed by atoms with E-state index in [0.717, 1.165) is 70.6 Å². The summed E-state index contributed by atoms with van der Waals surface area (Å²) in [5.74, 6) is 2.44. The molecular weight excluding hydrogens is 419 g/mol. The molecule has 24 heavy (non-hydrogen) atoms. The molecule has 0 aromatic carbocycles. The maximum Gasteiger partial charge on any atom is 0.191 e. The summed E-state index contributed by atoms with van der Waals surface area (Å²) in [6, 6.07) is 3.92. The Labute approximate surface area is 162 Å². The smallest absolute Gasteiger partial charge is 0.191 e. The summed E-state index contributed by atoms with van der Waals surface area (Å²) < 4.78 is 10.7. The van der Waals surface area contributed by atoms with E-state index in [1.807, 2.05) is 12.1 Å². The summed E-state index contributed by atoms with van der Waals surface area (Å²) in [4.78, 5) is 7.06. The monoisotopic (exact) mass is 450 g/mol. The maximum atomic E-state index is 5.37. The molecule has 1 fully saturated rings. The van der Waals surface area contributed by atoms with E-state index < -0.39 is 0 Å². The molecule has 2 rings (SSSR count). The van der Waals surface area contributed by atoms with Crippen LogP contribution in [0.2, 0.25) is 0 Å². The highest BCUT2D eigenvalue weighted by Crippen LogP contribution is 1.99. The number of ether oxygens (including phenoxy) is 1. The lowest BCUT2D eigenvalue weighted by Gasteiger charge is -2.26. The zero-order valence-corrected chi connectivity index (χ0v) is 17.1. The molecule has 6 nitrogen and oxygen atoms in total. The molecule has 0 aliphatic carbocycles. The molecular formula is C17H31IN4O2. The fraction of sp³-hybridized carbons (Fsp3) is 0.706. The van der Waals surface area contributed by atoms with Gasteiger partial charge in [-0.3, -0.25) is 9.89 Å². The Balaban J connectivity index is 0.00000288. The standard InChI is InChI=1S/C17H30N4O2.HI/c1-15(2)14-20-17(18-6-5-16-4-3-11-23-16)19-7-8-21-9-12-22-13-10-21;/h3-4,11,15H,5-10,12-14H2,1-2H3,(H2,18,19,20);1H. The second-order valence-corrected chi connectivity index (χ2v) is 6.22. The lowest BCUT2D eigenvalue weighted by Crippen LogP contribution is -2.45. The summed E-state index contributed by atoms with van der Waals surface area (Å²) in [6.07, 6.45) is 2.57. The molecule has 1 aromatic rings. The molecule has 1 aliphatic rings. The first-order valence-corrected chi connectivity index (χ1v) is 8.58. The molecule has 0 amide bonds. The highest BCUT2D eigenvalue weighted by molar-refractivity contribution is 14.0. The number of furan rings is 1. The van der Waals surface area contributed by atoms with Gasteiger partial charge in [-0.05, 0) is 18.1 Å². The Morgan fingerprint density at radius 3 is 2.67 bits per heavy atom. The third-order valence-electron chi connectivity index (χ3n) is 3.68. The molecule has 0 spiro atoms. The fourth-order valence-electron chi connectivity index (χ4n) is 2.36. The van der Waals surface area contributed by atoms with E-state index in [1.54, 1.807) is 6.26 Å². The Bertz CT molecular complexity index is 445. The van der Waals surface area contributed by atoms with Crippen LogP contribution >= 0.6 is 24.0 Å². The van der Waals surface area contributed by atoms with Crippen LogP contribution in [-0.2, 0) is 11.2 Å². The van der Waals surface area contributed by atoms with Crippen LogP contribution in [0.4, 0.5) is 0 Å². The lowest BCUT2D eigenvalue weighted by atomic mass is 10.2. The molecule has 0 radical (unpaired) electrons. The number of rotatable bonds is 8. The van der Waals surface area contributed by atoms with Crippen LogP contribution in [-0.4, -0.2) is 63.3 Å². The van der Waals surface area contributed by atoms with Crippen molar-refractivity contribution in [1.82, 2.24) is 15.5 Å². The minimum absolute atomic E-state index is 0. The minimum atomic E-state index is 0. The second-order valence-electron chi connectivity index (χ2n) is 6.22. The third-order valence-corrected chi connectivity index (χ3v) is 3.68. The van der Waals surface area contributed by atoms with E-state index in [-0.39, 0.29) is 24.0 Å². The number of hydrogen-bond acceptors (Lipinski definition) is 4. The average molecular weight is 450 g/mol. The third kappa shape index (κ3) is 8.89. The van der Waals surface area contributed by atoms with Crippen LogP contribution in [0, 0.1) is 5.92 Å². The van der Waals surface area contributed by atoms with Gasteiger partial charge in [-0.1, -0.05) is 13.8 Å². The van der Waals surface area contributed by atoms with Crippen molar-refractivity contribution in [2.75, 3.05) is 52.5 Å². The summed E-state index contributed by atoms with van der Waals surface area (Å²) in [7, 11) is 0. The van der Waals surface area contributed by atoms with Gasteiger partial charge in [0.05, 0.1) is 19.5 Å². The van der Waals surface area contributed by atoms with E-state index in [4.69, 9.17) is 9.15 Å². The predicted molar refractivity (Wildman–Crippen MR) is 108 cm³/mol. The molecule has 1 aliphatic heterocycles. The van der Waals surface area contributed by atoms with Crippen molar-refractivity contribution in [3.05, 3.63) is 24.2 Å². The minimum Gasteiger partial charge on any atom is -0.469 e. The van der Waals surface area contributed by atoms with Gasteiger partial charge in [-0.15, -0.1) is 24.0 Å². The highest BCUT2D eigenvalue weighted by Gasteiger charge is 2.09. The van der Waals surface area contributed by atoms with E-state index in [1.165, 1.54) is 0 Å². The van der Waals surface area contributed by atoms with Crippen molar-refractivity contribution >= 4 is 29.9 Å². The summed E-state index contributed by atoms with van der Waals surface area (Å²) in [5, 5.41) is 6.82. The number of hydrogen-bond donors (Lipinski definition) is 2. The van der Waals surface area contributed by atoms with Crippen LogP contribution in [0.1, 0.15) is 19.6 Å². The lowest BCUT2D eigenvalue weighted by molar-refractivity contribution is 0.0389. The second kappa shape index (κ2) is 12.5.